The minimum Gasteiger partial charge on any atom is -0.497 e. The molecule has 3 aromatic carbocycles. The number of benzene rings is 3. The highest BCUT2D eigenvalue weighted by Gasteiger charge is 2.31. The molecule has 0 aromatic heterocycles. The lowest BCUT2D eigenvalue weighted by molar-refractivity contribution is 0.0981. The van der Waals surface area contributed by atoms with Crippen LogP contribution in [0.1, 0.15) is 40.9 Å². The van der Waals surface area contributed by atoms with Gasteiger partial charge in [-0.15, -0.1) is 0 Å². The van der Waals surface area contributed by atoms with E-state index in [0.29, 0.717) is 11.3 Å². The summed E-state index contributed by atoms with van der Waals surface area (Å²) in [4.78, 5) is 15.3. The number of nitrogens with one attached hydrogen (secondary N) is 1. The van der Waals surface area contributed by atoms with Crippen LogP contribution in [0.25, 0.3) is 0 Å². The van der Waals surface area contributed by atoms with Gasteiger partial charge in [-0.3, -0.25) is 4.79 Å². The molecule has 0 fully saturated rings. The predicted molar refractivity (Wildman–Crippen MR) is 129 cm³/mol. The van der Waals surface area contributed by atoms with Crippen LogP contribution in [0.2, 0.25) is 0 Å². The molecule has 0 radical (unpaired) electrons. The quantitative estimate of drug-likeness (QED) is 0.565. The summed E-state index contributed by atoms with van der Waals surface area (Å²) in [5.41, 5.74) is 4.36. The summed E-state index contributed by atoms with van der Waals surface area (Å²) in [6.07, 6.45) is 1.61. The normalized spacial score (nSPS) is 15.4. The molecule has 1 unspecified atom stereocenters. The van der Waals surface area contributed by atoms with Crippen LogP contribution < -0.4 is 14.4 Å². The van der Waals surface area contributed by atoms with E-state index >= 15 is 0 Å². The third kappa shape index (κ3) is 4.79. The van der Waals surface area contributed by atoms with Gasteiger partial charge in [-0.05, 0) is 78.9 Å². The van der Waals surface area contributed by atoms with E-state index in [4.69, 9.17) is 4.74 Å². The van der Waals surface area contributed by atoms with Gasteiger partial charge in [0.05, 0.1) is 12.0 Å². The number of anilines is 1. The third-order valence-corrected chi connectivity index (χ3v) is 7.45. The fourth-order valence-corrected chi connectivity index (χ4v) is 5.13. The molecule has 1 aliphatic heterocycles. The predicted octanol–water partition coefficient (Wildman–Crippen LogP) is 4.33. The Morgan fingerprint density at radius 2 is 1.70 bits per heavy atom. The number of sulfonamides is 1. The highest BCUT2D eigenvalue weighted by atomic mass is 32.2. The summed E-state index contributed by atoms with van der Waals surface area (Å²) < 4.78 is 33.3. The lowest BCUT2D eigenvalue weighted by Crippen LogP contribution is -2.35. The summed E-state index contributed by atoms with van der Waals surface area (Å²) in [6, 6.07) is 19.8. The Labute approximate surface area is 195 Å². The number of methoxy groups -OCH3 is 1. The van der Waals surface area contributed by atoms with Crippen molar-refractivity contribution in [2.45, 2.75) is 44.2 Å². The smallest absolute Gasteiger partial charge is 0.258 e. The van der Waals surface area contributed by atoms with Crippen molar-refractivity contribution >= 4 is 21.6 Å². The molecular formula is C26H28N2O4S. The topological polar surface area (TPSA) is 75.7 Å². The molecule has 0 spiro atoms. The molecule has 7 heteroatoms. The average molecular weight is 465 g/mol. The Morgan fingerprint density at radius 3 is 2.33 bits per heavy atom. The molecule has 4 rings (SSSR count). The van der Waals surface area contributed by atoms with Crippen LogP contribution in [0.4, 0.5) is 5.69 Å². The van der Waals surface area contributed by atoms with Crippen molar-refractivity contribution in [3.05, 3.63) is 89.0 Å². The number of carbonyl (C=O) groups excluding carboxylic acids is 1. The fourth-order valence-electron chi connectivity index (χ4n) is 4.11. The van der Waals surface area contributed by atoms with Crippen LogP contribution >= 0.6 is 0 Å². The molecule has 1 atom stereocenters. The number of ether oxygens (including phenoxy) is 1. The number of nitrogens with zero attached hydrogens (tertiary/aromatic N) is 1. The second kappa shape index (κ2) is 9.37. The zero-order chi connectivity index (χ0) is 23.6. The van der Waals surface area contributed by atoms with Crippen LogP contribution in [0.3, 0.4) is 0 Å². The van der Waals surface area contributed by atoms with E-state index in [2.05, 4.69) is 4.72 Å². The lowest BCUT2D eigenvalue weighted by Gasteiger charge is -2.23. The van der Waals surface area contributed by atoms with Crippen LogP contribution in [0.15, 0.2) is 71.6 Å². The lowest BCUT2D eigenvalue weighted by atomic mass is 10.1. The zero-order valence-electron chi connectivity index (χ0n) is 19.0. The first kappa shape index (κ1) is 23.0. The molecule has 0 aliphatic carbocycles. The van der Waals surface area contributed by atoms with Gasteiger partial charge in [0.2, 0.25) is 10.0 Å². The highest BCUT2D eigenvalue weighted by Crippen LogP contribution is 2.34. The van der Waals surface area contributed by atoms with Crippen LogP contribution in [0, 0.1) is 0 Å². The fraction of sp³-hybridized carbons (Fsp3) is 0.269. The number of hydrogen-bond acceptors (Lipinski definition) is 4. The van der Waals surface area contributed by atoms with Crippen molar-refractivity contribution in [1.29, 1.82) is 0 Å². The van der Waals surface area contributed by atoms with E-state index in [1.165, 1.54) is 0 Å². The van der Waals surface area contributed by atoms with Gasteiger partial charge in [-0.2, -0.15) is 0 Å². The Balaban J connectivity index is 1.53. The summed E-state index contributed by atoms with van der Waals surface area (Å²) in [6.45, 7) is 4.19. The third-order valence-electron chi connectivity index (χ3n) is 6.03. The molecule has 33 heavy (non-hydrogen) atoms. The molecule has 0 bridgehead atoms. The maximum Gasteiger partial charge on any atom is 0.258 e. The van der Waals surface area contributed by atoms with E-state index in [1.807, 2.05) is 44.2 Å². The summed E-state index contributed by atoms with van der Waals surface area (Å²) in [5, 5.41) is 0. The number of fused-ring (bicyclic) bond motifs is 1. The number of rotatable bonds is 7. The van der Waals surface area contributed by atoms with Gasteiger partial charge in [0, 0.05) is 23.8 Å². The molecule has 172 valence electrons. The van der Waals surface area contributed by atoms with Crippen molar-refractivity contribution in [3.63, 3.8) is 0 Å². The van der Waals surface area contributed by atoms with Gasteiger partial charge >= 0.3 is 0 Å². The molecule has 1 amide bonds. The SMILES string of the molecule is CCc1ccc(S(=O)(=O)NCc2ccc3c(c2)N(C(=O)c2ccc(OC)cc2)C(C)C3)cc1. The van der Waals surface area contributed by atoms with Crippen LogP contribution in [-0.2, 0) is 29.4 Å². The molecule has 0 saturated heterocycles. The van der Waals surface area contributed by atoms with E-state index in [9.17, 15) is 13.2 Å². The standard InChI is InChI=1S/C26H28N2O4S/c1-4-19-6-13-24(14-7-19)33(30,31)27-17-20-5-8-22-15-18(2)28(25(22)16-20)26(29)21-9-11-23(32-3)12-10-21/h5-14,16,18,27H,4,15,17H2,1-3H3. The van der Waals surface area contributed by atoms with Gasteiger partial charge in [0.25, 0.3) is 5.91 Å². The van der Waals surface area contributed by atoms with Crippen molar-refractivity contribution in [3.8, 4) is 5.75 Å². The summed E-state index contributed by atoms with van der Waals surface area (Å²) >= 11 is 0. The summed E-state index contributed by atoms with van der Waals surface area (Å²) in [5.74, 6) is 0.609. The first-order valence-electron chi connectivity index (χ1n) is 11.0. The molecule has 1 N–H and O–H groups in total. The molecule has 3 aromatic rings. The minimum atomic E-state index is -3.63. The van der Waals surface area contributed by atoms with Gasteiger partial charge in [-0.25, -0.2) is 13.1 Å². The van der Waals surface area contributed by atoms with Crippen molar-refractivity contribution in [2.75, 3.05) is 12.0 Å². The van der Waals surface area contributed by atoms with Crippen molar-refractivity contribution < 1.29 is 17.9 Å². The average Bonchev–Trinajstić information content (AvgIpc) is 3.17. The van der Waals surface area contributed by atoms with Crippen LogP contribution in [-0.4, -0.2) is 27.5 Å². The van der Waals surface area contributed by atoms with Gasteiger partial charge in [0.15, 0.2) is 0 Å². The summed E-state index contributed by atoms with van der Waals surface area (Å²) in [7, 11) is -2.04. The molecular weight excluding hydrogens is 436 g/mol. The van der Waals surface area contributed by atoms with Gasteiger partial charge < -0.3 is 9.64 Å². The Morgan fingerprint density at radius 1 is 1.03 bits per heavy atom. The van der Waals surface area contributed by atoms with Gasteiger partial charge in [-0.1, -0.05) is 31.2 Å². The van der Waals surface area contributed by atoms with Crippen molar-refractivity contribution in [2.24, 2.45) is 0 Å². The van der Waals surface area contributed by atoms with Crippen molar-refractivity contribution in [1.82, 2.24) is 4.72 Å². The van der Waals surface area contributed by atoms with E-state index in [1.54, 1.807) is 48.4 Å². The molecule has 1 heterocycles. The van der Waals surface area contributed by atoms with Crippen LogP contribution in [0.5, 0.6) is 5.75 Å². The number of aryl methyl sites for hydroxylation is 1. The highest BCUT2D eigenvalue weighted by molar-refractivity contribution is 7.89. The maximum absolute atomic E-state index is 13.3. The number of amides is 1. The Kier molecular flexibility index (Phi) is 6.54. The molecule has 6 nitrogen and oxygen atoms in total. The zero-order valence-corrected chi connectivity index (χ0v) is 19.9. The van der Waals surface area contributed by atoms with E-state index in [-0.39, 0.29) is 23.4 Å². The first-order chi connectivity index (χ1) is 15.8. The Bertz CT molecular complexity index is 1250. The first-order valence-corrected chi connectivity index (χ1v) is 12.5. The number of hydrogen-bond donors (Lipinski definition) is 1. The van der Waals surface area contributed by atoms with E-state index < -0.39 is 10.0 Å². The van der Waals surface area contributed by atoms with E-state index in [0.717, 1.165) is 35.2 Å². The largest absolute Gasteiger partial charge is 0.497 e. The second-order valence-electron chi connectivity index (χ2n) is 8.24. The Hall–Kier alpha value is -3.16. The molecule has 1 aliphatic rings. The monoisotopic (exact) mass is 464 g/mol. The number of carbonyl (C=O) groups is 1. The molecule has 0 saturated carbocycles. The van der Waals surface area contributed by atoms with Gasteiger partial charge in [0.1, 0.15) is 5.75 Å². The maximum atomic E-state index is 13.3. The second-order valence-corrected chi connectivity index (χ2v) is 10.0. The minimum absolute atomic E-state index is 0.0126.